The summed E-state index contributed by atoms with van der Waals surface area (Å²) in [6.45, 7) is 10.3. The number of carbonyl (C=O) groups is 1. The van der Waals surface area contributed by atoms with Gasteiger partial charge in [-0.05, 0) is 40.8 Å². The van der Waals surface area contributed by atoms with Crippen molar-refractivity contribution in [2.45, 2.75) is 59.7 Å². The molecule has 0 radical (unpaired) electrons. The highest BCUT2D eigenvalue weighted by Gasteiger charge is 2.26. The summed E-state index contributed by atoms with van der Waals surface area (Å²) in [6, 6.07) is 12.6. The van der Waals surface area contributed by atoms with Gasteiger partial charge in [-0.15, -0.1) is 0 Å². The van der Waals surface area contributed by atoms with E-state index in [1.54, 1.807) is 20.2 Å². The highest BCUT2D eigenvalue weighted by atomic mass is 16.5. The Morgan fingerprint density at radius 1 is 1.10 bits per heavy atom. The number of rotatable bonds is 13. The maximum Gasteiger partial charge on any atom is 0.330 e. The van der Waals surface area contributed by atoms with Crippen LogP contribution in [0.15, 0.2) is 58.3 Å². The third-order valence-electron chi connectivity index (χ3n) is 6.93. The van der Waals surface area contributed by atoms with Crippen molar-refractivity contribution in [3.8, 4) is 17.2 Å². The number of hydrogen-bond acceptors (Lipinski definition) is 7. The monoisotopic (exact) mass is 581 g/mol. The Hall–Kier alpha value is -4.05. The fraction of sp³-hybridized carbons (Fsp3) is 0.469. The summed E-state index contributed by atoms with van der Waals surface area (Å²) in [5.74, 6) is 1.32. The fourth-order valence-corrected chi connectivity index (χ4v) is 5.04. The summed E-state index contributed by atoms with van der Waals surface area (Å²) in [4.78, 5) is 38.5. The molecule has 1 atom stereocenters. The van der Waals surface area contributed by atoms with Gasteiger partial charge in [0.05, 0.1) is 26.7 Å². The van der Waals surface area contributed by atoms with E-state index in [-0.39, 0.29) is 31.2 Å². The molecule has 10 nitrogen and oxygen atoms in total. The van der Waals surface area contributed by atoms with Crippen LogP contribution in [0, 0.1) is 5.92 Å². The molecule has 2 heterocycles. The van der Waals surface area contributed by atoms with Crippen LogP contribution in [0.25, 0.3) is 0 Å². The zero-order valence-electron chi connectivity index (χ0n) is 25.5. The molecule has 1 N–H and O–H groups in total. The van der Waals surface area contributed by atoms with Crippen LogP contribution in [0.4, 0.5) is 0 Å². The molecule has 4 rings (SSSR count). The van der Waals surface area contributed by atoms with Crippen molar-refractivity contribution >= 4 is 5.97 Å². The topological polar surface area (TPSA) is 112 Å². The van der Waals surface area contributed by atoms with Crippen molar-refractivity contribution in [2.24, 2.45) is 13.0 Å². The standard InChI is InChI=1S/C30H37N3O7.C2H6/c1-20(2)18-32(24(17-29(35)36)22-6-8-25-23(16-22)10-13-39-25)19-21-5-7-26(27(15-21)38-4)40-14-12-33-28(34)9-11-31(3)30(33)37;1-2/h5-9,11,15-16,20,24H,10,12-14,17-19H2,1-4H3,(H,35,36);1-2H3. The smallest absolute Gasteiger partial charge is 0.330 e. The summed E-state index contributed by atoms with van der Waals surface area (Å²) < 4.78 is 19.6. The van der Waals surface area contributed by atoms with E-state index in [1.807, 2.05) is 38.1 Å². The van der Waals surface area contributed by atoms with Crippen LogP contribution >= 0.6 is 0 Å². The van der Waals surface area contributed by atoms with Crippen molar-refractivity contribution < 1.29 is 24.1 Å². The van der Waals surface area contributed by atoms with E-state index >= 15 is 0 Å². The average molecular weight is 582 g/mol. The normalized spacial score (nSPS) is 12.8. The van der Waals surface area contributed by atoms with E-state index in [4.69, 9.17) is 14.2 Å². The third-order valence-corrected chi connectivity index (χ3v) is 6.93. The minimum absolute atomic E-state index is 0.0248. The van der Waals surface area contributed by atoms with Gasteiger partial charge in [0.2, 0.25) is 0 Å². The quantitative estimate of drug-likeness (QED) is 0.319. The Labute approximate surface area is 247 Å². The van der Waals surface area contributed by atoms with Crippen LogP contribution in [-0.4, -0.2) is 52.0 Å². The molecule has 228 valence electrons. The lowest BCUT2D eigenvalue weighted by Gasteiger charge is -2.33. The fourth-order valence-electron chi connectivity index (χ4n) is 5.04. The predicted molar refractivity (Wildman–Crippen MR) is 162 cm³/mol. The summed E-state index contributed by atoms with van der Waals surface area (Å²) >= 11 is 0. The van der Waals surface area contributed by atoms with Gasteiger partial charge in [0.25, 0.3) is 5.56 Å². The summed E-state index contributed by atoms with van der Waals surface area (Å²) in [6.07, 6.45) is 2.23. The van der Waals surface area contributed by atoms with E-state index in [2.05, 4.69) is 24.8 Å². The van der Waals surface area contributed by atoms with Crippen LogP contribution in [0.1, 0.15) is 56.8 Å². The maximum atomic E-state index is 12.3. The number of nitrogens with zero attached hydrogens (tertiary/aromatic N) is 3. The van der Waals surface area contributed by atoms with E-state index in [9.17, 15) is 19.5 Å². The first kappa shape index (κ1) is 32.5. The number of hydrogen-bond donors (Lipinski definition) is 1. The Morgan fingerprint density at radius 2 is 1.86 bits per heavy atom. The number of ether oxygens (including phenoxy) is 3. The molecule has 0 fully saturated rings. The van der Waals surface area contributed by atoms with Gasteiger partial charge in [-0.2, -0.15) is 0 Å². The zero-order chi connectivity index (χ0) is 30.8. The molecule has 10 heteroatoms. The molecule has 0 bridgehead atoms. The Bertz CT molecular complexity index is 1460. The molecule has 0 saturated carbocycles. The lowest BCUT2D eigenvalue weighted by Crippen LogP contribution is -2.39. The second kappa shape index (κ2) is 15.3. The van der Waals surface area contributed by atoms with Crippen LogP contribution in [-0.2, 0) is 31.4 Å². The molecular formula is C32H43N3O7. The summed E-state index contributed by atoms with van der Waals surface area (Å²) in [5, 5.41) is 9.79. The van der Waals surface area contributed by atoms with Crippen molar-refractivity contribution in [3.05, 3.63) is 86.2 Å². The maximum absolute atomic E-state index is 12.3. The van der Waals surface area contributed by atoms with Crippen molar-refractivity contribution in [1.82, 2.24) is 14.0 Å². The molecule has 1 unspecified atom stereocenters. The molecule has 2 aromatic carbocycles. The van der Waals surface area contributed by atoms with Gasteiger partial charge in [0.15, 0.2) is 11.5 Å². The number of fused-ring (bicyclic) bond motifs is 1. The second-order valence-corrected chi connectivity index (χ2v) is 10.4. The third kappa shape index (κ3) is 8.25. The highest BCUT2D eigenvalue weighted by Crippen LogP contribution is 2.34. The molecule has 1 aromatic heterocycles. The first-order valence-electron chi connectivity index (χ1n) is 14.4. The van der Waals surface area contributed by atoms with Crippen LogP contribution in [0.3, 0.4) is 0 Å². The van der Waals surface area contributed by atoms with Gasteiger partial charge < -0.3 is 23.9 Å². The molecular weight excluding hydrogens is 538 g/mol. The van der Waals surface area contributed by atoms with Gasteiger partial charge >= 0.3 is 11.7 Å². The lowest BCUT2D eigenvalue weighted by molar-refractivity contribution is -0.138. The molecule has 1 aliphatic rings. The minimum atomic E-state index is -0.857. The molecule has 42 heavy (non-hydrogen) atoms. The number of benzene rings is 2. The minimum Gasteiger partial charge on any atom is -0.493 e. The van der Waals surface area contributed by atoms with Gasteiger partial charge in [-0.25, -0.2) is 4.79 Å². The number of aromatic nitrogens is 2. The van der Waals surface area contributed by atoms with Crippen molar-refractivity contribution in [2.75, 3.05) is 26.9 Å². The number of carboxylic acid groups (broad SMARTS) is 1. The van der Waals surface area contributed by atoms with Gasteiger partial charge in [0, 0.05) is 44.9 Å². The van der Waals surface area contributed by atoms with E-state index in [0.717, 1.165) is 33.4 Å². The first-order chi connectivity index (χ1) is 20.2. The van der Waals surface area contributed by atoms with Gasteiger partial charge in [-0.3, -0.25) is 19.1 Å². The molecule has 0 saturated heterocycles. The molecule has 3 aromatic rings. The van der Waals surface area contributed by atoms with Crippen LogP contribution < -0.4 is 25.5 Å². The van der Waals surface area contributed by atoms with Crippen molar-refractivity contribution in [3.63, 3.8) is 0 Å². The van der Waals surface area contributed by atoms with Crippen molar-refractivity contribution in [1.29, 1.82) is 0 Å². The summed E-state index contributed by atoms with van der Waals surface area (Å²) in [5.41, 5.74) is 2.22. The van der Waals surface area contributed by atoms with E-state index < -0.39 is 11.7 Å². The molecule has 0 amide bonds. The molecule has 0 spiro atoms. The number of carboxylic acids is 1. The van der Waals surface area contributed by atoms with E-state index in [0.29, 0.717) is 37.1 Å². The SMILES string of the molecule is CC.COc1cc(CN(CC(C)C)C(CC(=O)O)c2ccc3c(c2)CCO3)ccc1OCCn1c(=O)ccn(C)c1=O. The predicted octanol–water partition coefficient (Wildman–Crippen LogP) is 4.27. The van der Waals surface area contributed by atoms with E-state index in [1.165, 1.54) is 16.8 Å². The largest absolute Gasteiger partial charge is 0.493 e. The average Bonchev–Trinajstić information content (AvgIpc) is 3.44. The number of aliphatic carboxylic acids is 1. The molecule has 1 aliphatic heterocycles. The Balaban J connectivity index is 0.00000237. The van der Waals surface area contributed by atoms with Crippen LogP contribution in [0.5, 0.6) is 17.2 Å². The first-order valence-corrected chi connectivity index (χ1v) is 14.4. The Morgan fingerprint density at radius 3 is 2.55 bits per heavy atom. The van der Waals surface area contributed by atoms with Gasteiger partial charge in [0.1, 0.15) is 12.4 Å². The lowest BCUT2D eigenvalue weighted by atomic mass is 9.97. The zero-order valence-corrected chi connectivity index (χ0v) is 25.5. The summed E-state index contributed by atoms with van der Waals surface area (Å²) in [7, 11) is 3.14. The van der Waals surface area contributed by atoms with Gasteiger partial charge in [-0.1, -0.05) is 45.9 Å². The number of aryl methyl sites for hydroxylation is 1. The molecule has 0 aliphatic carbocycles. The Kier molecular flexibility index (Phi) is 11.8. The number of methoxy groups -OCH3 is 1. The van der Waals surface area contributed by atoms with Crippen LogP contribution in [0.2, 0.25) is 0 Å². The highest BCUT2D eigenvalue weighted by molar-refractivity contribution is 5.68. The second-order valence-electron chi connectivity index (χ2n) is 10.4.